The first-order valence-corrected chi connectivity index (χ1v) is 9.55. The van der Waals surface area contributed by atoms with Crippen molar-refractivity contribution in [3.8, 4) is 6.07 Å². The van der Waals surface area contributed by atoms with Crippen molar-refractivity contribution in [1.29, 1.82) is 5.26 Å². The zero-order chi connectivity index (χ0) is 19.0. The van der Waals surface area contributed by atoms with Gasteiger partial charge in [0, 0.05) is 6.54 Å². The van der Waals surface area contributed by atoms with Crippen molar-refractivity contribution >= 4 is 29.4 Å². The van der Waals surface area contributed by atoms with Gasteiger partial charge in [0.05, 0.1) is 23.4 Å². The van der Waals surface area contributed by atoms with Gasteiger partial charge in [0.15, 0.2) is 0 Å². The maximum Gasteiger partial charge on any atom is 0.332 e. The largest absolute Gasteiger partial charge is 0.332 e. The molecule has 2 aromatic carbocycles. The molecule has 0 aliphatic carbocycles. The van der Waals surface area contributed by atoms with Crippen molar-refractivity contribution in [2.45, 2.75) is 24.8 Å². The molecule has 2 aliphatic rings. The highest BCUT2D eigenvalue weighted by atomic mass is 32.2. The topological polar surface area (TPSA) is 64.4 Å². The number of carbonyl (C=O) groups excluding carboxylic acids is 2. The van der Waals surface area contributed by atoms with Crippen LogP contribution in [0.1, 0.15) is 16.7 Å². The molecule has 2 aliphatic heterocycles. The third kappa shape index (κ3) is 3.11. The lowest BCUT2D eigenvalue weighted by molar-refractivity contribution is -0.119. The molecule has 27 heavy (non-hydrogen) atoms. The Kier molecular flexibility index (Phi) is 4.46. The quantitative estimate of drug-likeness (QED) is 0.818. The number of thioether (sulfide) groups is 1. The molecule has 0 N–H and O–H groups in total. The van der Waals surface area contributed by atoms with Gasteiger partial charge in [-0.3, -0.25) is 4.79 Å². The van der Waals surface area contributed by atoms with Crippen molar-refractivity contribution in [3.63, 3.8) is 0 Å². The molecule has 0 radical (unpaired) electrons. The third-order valence-corrected chi connectivity index (χ3v) is 5.83. The van der Waals surface area contributed by atoms with Crippen LogP contribution in [0.4, 0.5) is 10.5 Å². The summed E-state index contributed by atoms with van der Waals surface area (Å²) in [5, 5.41) is 10.7. The number of fused-ring (bicyclic) bond motifs is 1. The summed E-state index contributed by atoms with van der Waals surface area (Å²) < 4.78 is 0. The summed E-state index contributed by atoms with van der Waals surface area (Å²) in [7, 11) is 0. The minimum atomic E-state index is -0.345. The Balaban J connectivity index is 1.71. The Hall–Kier alpha value is -3.04. The molecule has 5 nitrogen and oxygen atoms in total. The molecule has 1 saturated heterocycles. The van der Waals surface area contributed by atoms with E-state index in [1.54, 1.807) is 23.1 Å². The number of hydrogen-bond donors (Lipinski definition) is 0. The summed E-state index contributed by atoms with van der Waals surface area (Å²) in [5.41, 5.74) is 2.99. The van der Waals surface area contributed by atoms with Crippen LogP contribution in [0.5, 0.6) is 0 Å². The first-order valence-electron chi connectivity index (χ1n) is 8.61. The summed E-state index contributed by atoms with van der Waals surface area (Å²) >= 11 is 1.44. The van der Waals surface area contributed by atoms with E-state index < -0.39 is 0 Å². The van der Waals surface area contributed by atoms with Crippen molar-refractivity contribution in [2.75, 3.05) is 4.90 Å². The van der Waals surface area contributed by atoms with Crippen molar-refractivity contribution in [3.05, 3.63) is 76.7 Å². The van der Waals surface area contributed by atoms with E-state index in [1.807, 2.05) is 48.7 Å². The van der Waals surface area contributed by atoms with E-state index in [0.717, 1.165) is 11.1 Å². The average Bonchev–Trinajstić information content (AvgIpc) is 3.16. The SMILES string of the molecule is Cc1cccc(N2C(=O)C3SC=CC3N(Cc3cccc(C#N)c3)C2=O)c1. The molecule has 2 aromatic rings. The van der Waals surface area contributed by atoms with E-state index in [-0.39, 0.29) is 23.2 Å². The van der Waals surface area contributed by atoms with E-state index in [1.165, 1.54) is 16.7 Å². The number of amides is 3. The Morgan fingerprint density at radius 2 is 1.96 bits per heavy atom. The highest BCUT2D eigenvalue weighted by Crippen LogP contribution is 2.37. The normalized spacial score (nSPS) is 21.3. The minimum Gasteiger partial charge on any atom is -0.312 e. The third-order valence-electron chi connectivity index (χ3n) is 4.74. The number of anilines is 1. The Morgan fingerprint density at radius 1 is 1.15 bits per heavy atom. The van der Waals surface area contributed by atoms with E-state index in [9.17, 15) is 9.59 Å². The second kappa shape index (κ2) is 6.93. The van der Waals surface area contributed by atoms with Gasteiger partial charge in [-0.1, -0.05) is 30.3 Å². The summed E-state index contributed by atoms with van der Waals surface area (Å²) in [4.78, 5) is 29.3. The second-order valence-electron chi connectivity index (χ2n) is 6.61. The lowest BCUT2D eigenvalue weighted by Gasteiger charge is -2.41. The number of imide groups is 1. The predicted molar refractivity (Wildman–Crippen MR) is 105 cm³/mol. The van der Waals surface area contributed by atoms with Gasteiger partial charge in [0.2, 0.25) is 0 Å². The van der Waals surface area contributed by atoms with Gasteiger partial charge in [-0.05, 0) is 47.7 Å². The fourth-order valence-corrected chi connectivity index (χ4v) is 4.50. The number of nitrogens with zero attached hydrogens (tertiary/aromatic N) is 3. The first kappa shape index (κ1) is 17.4. The van der Waals surface area contributed by atoms with Gasteiger partial charge < -0.3 is 4.90 Å². The van der Waals surface area contributed by atoms with Gasteiger partial charge in [-0.15, -0.1) is 11.8 Å². The number of aryl methyl sites for hydroxylation is 1. The Labute approximate surface area is 161 Å². The van der Waals surface area contributed by atoms with Crippen LogP contribution < -0.4 is 4.90 Å². The van der Waals surface area contributed by atoms with Crippen LogP contribution in [0.25, 0.3) is 0 Å². The molecule has 134 valence electrons. The number of benzene rings is 2. The van der Waals surface area contributed by atoms with Crippen molar-refractivity contribution in [1.82, 2.24) is 4.90 Å². The van der Waals surface area contributed by atoms with Gasteiger partial charge in [-0.25, -0.2) is 9.69 Å². The fraction of sp³-hybridized carbons (Fsp3) is 0.190. The van der Waals surface area contributed by atoms with E-state index in [2.05, 4.69) is 6.07 Å². The summed E-state index contributed by atoms with van der Waals surface area (Å²) in [6.45, 7) is 2.28. The molecule has 6 heteroatoms. The molecule has 3 amide bonds. The summed E-state index contributed by atoms with van der Waals surface area (Å²) in [5.74, 6) is -0.187. The molecule has 0 aromatic heterocycles. The number of hydrogen-bond acceptors (Lipinski definition) is 4. The summed E-state index contributed by atoms with van der Waals surface area (Å²) in [6.07, 6.45) is 1.91. The highest BCUT2D eigenvalue weighted by molar-refractivity contribution is 8.03. The zero-order valence-electron chi connectivity index (χ0n) is 14.7. The maximum absolute atomic E-state index is 13.3. The number of rotatable bonds is 3. The maximum atomic E-state index is 13.3. The Morgan fingerprint density at radius 3 is 2.74 bits per heavy atom. The van der Waals surface area contributed by atoms with Crippen molar-refractivity contribution in [2.24, 2.45) is 0 Å². The molecule has 2 unspecified atom stereocenters. The number of urea groups is 1. The molecular formula is C21H17N3O2S. The van der Waals surface area contributed by atoms with Gasteiger partial charge in [0.25, 0.3) is 5.91 Å². The van der Waals surface area contributed by atoms with Crippen LogP contribution in [0.15, 0.2) is 60.0 Å². The minimum absolute atomic E-state index is 0.187. The van der Waals surface area contributed by atoms with E-state index in [4.69, 9.17) is 5.26 Å². The Bertz CT molecular complexity index is 995. The van der Waals surface area contributed by atoms with Gasteiger partial charge in [0.1, 0.15) is 5.25 Å². The highest BCUT2D eigenvalue weighted by Gasteiger charge is 2.47. The smallest absolute Gasteiger partial charge is 0.312 e. The molecule has 0 saturated carbocycles. The van der Waals surface area contributed by atoms with Crippen LogP contribution in [-0.2, 0) is 11.3 Å². The van der Waals surface area contributed by atoms with Crippen LogP contribution in [0.2, 0.25) is 0 Å². The molecule has 1 fully saturated rings. The molecule has 2 atom stereocenters. The van der Waals surface area contributed by atoms with Crippen LogP contribution in [0, 0.1) is 18.3 Å². The van der Waals surface area contributed by atoms with Crippen LogP contribution in [0.3, 0.4) is 0 Å². The molecule has 2 heterocycles. The standard InChI is InChI=1S/C21H17N3O2S/c1-14-4-2-7-17(10-14)24-20(25)19-18(8-9-27-19)23(21(24)26)13-16-6-3-5-15(11-16)12-22/h2-11,18-19H,13H2,1H3. The fourth-order valence-electron chi connectivity index (χ4n) is 3.45. The van der Waals surface area contributed by atoms with E-state index in [0.29, 0.717) is 17.8 Å². The lowest BCUT2D eigenvalue weighted by Crippen LogP contribution is -2.61. The molecule has 0 bridgehead atoms. The number of carbonyl (C=O) groups is 2. The van der Waals surface area contributed by atoms with Gasteiger partial charge in [-0.2, -0.15) is 5.26 Å². The first-order chi connectivity index (χ1) is 13.1. The van der Waals surface area contributed by atoms with Crippen LogP contribution in [-0.4, -0.2) is 28.1 Å². The zero-order valence-corrected chi connectivity index (χ0v) is 15.5. The number of nitriles is 1. The van der Waals surface area contributed by atoms with E-state index >= 15 is 0 Å². The second-order valence-corrected chi connectivity index (χ2v) is 7.66. The summed E-state index contributed by atoms with van der Waals surface area (Å²) in [6, 6.07) is 16.1. The lowest BCUT2D eigenvalue weighted by atomic mass is 10.0. The van der Waals surface area contributed by atoms with Crippen molar-refractivity contribution < 1.29 is 9.59 Å². The predicted octanol–water partition coefficient (Wildman–Crippen LogP) is 3.83. The molecular weight excluding hydrogens is 358 g/mol. The van der Waals surface area contributed by atoms with Crippen LogP contribution >= 0.6 is 11.8 Å². The molecule has 4 rings (SSSR count). The monoisotopic (exact) mass is 375 g/mol. The molecule has 0 spiro atoms. The average molecular weight is 375 g/mol. The van der Waals surface area contributed by atoms with Gasteiger partial charge >= 0.3 is 6.03 Å².